The molecule has 98 valence electrons. The average molecular weight is 247 g/mol. The van der Waals surface area contributed by atoms with Gasteiger partial charge in [-0.1, -0.05) is 32.3 Å². The molecule has 0 radical (unpaired) electrons. The van der Waals surface area contributed by atoms with Crippen LogP contribution < -0.4 is 5.73 Å². The standard InChI is InChI=1S/C15H21NO2/c1-10(11-6-3-2-4-7-11)14(17)12-8-5-9-13(16)15(12)18/h5,8-11,18H,2-4,6-7,16H2,1H3. The van der Waals surface area contributed by atoms with E-state index in [9.17, 15) is 9.90 Å². The second kappa shape index (κ2) is 5.42. The molecule has 1 aromatic carbocycles. The van der Waals surface area contributed by atoms with Gasteiger partial charge in [0.25, 0.3) is 0 Å². The molecule has 18 heavy (non-hydrogen) atoms. The van der Waals surface area contributed by atoms with Crippen molar-refractivity contribution in [2.45, 2.75) is 39.0 Å². The van der Waals surface area contributed by atoms with Crippen molar-refractivity contribution in [2.75, 3.05) is 5.73 Å². The summed E-state index contributed by atoms with van der Waals surface area (Å²) in [5, 5.41) is 9.87. The molecule has 0 aromatic heterocycles. The number of para-hydroxylation sites is 1. The summed E-state index contributed by atoms with van der Waals surface area (Å²) in [6, 6.07) is 4.99. The maximum atomic E-state index is 12.4. The smallest absolute Gasteiger partial charge is 0.169 e. The summed E-state index contributed by atoms with van der Waals surface area (Å²) >= 11 is 0. The predicted octanol–water partition coefficient (Wildman–Crippen LogP) is 3.37. The zero-order valence-corrected chi connectivity index (χ0v) is 10.9. The molecule has 1 aromatic rings. The number of ketones is 1. The molecular formula is C15H21NO2. The van der Waals surface area contributed by atoms with Crippen molar-refractivity contribution in [3.05, 3.63) is 23.8 Å². The largest absolute Gasteiger partial charge is 0.505 e. The Morgan fingerprint density at radius 3 is 2.67 bits per heavy atom. The topological polar surface area (TPSA) is 63.3 Å². The zero-order valence-electron chi connectivity index (χ0n) is 10.9. The first kappa shape index (κ1) is 12.9. The van der Waals surface area contributed by atoms with Crippen molar-refractivity contribution in [3.8, 4) is 5.75 Å². The van der Waals surface area contributed by atoms with Gasteiger partial charge in [0, 0.05) is 5.92 Å². The highest BCUT2D eigenvalue weighted by Gasteiger charge is 2.27. The lowest BCUT2D eigenvalue weighted by Crippen LogP contribution is -2.23. The molecule has 1 fully saturated rings. The number of hydrogen-bond acceptors (Lipinski definition) is 3. The van der Waals surface area contributed by atoms with Crippen LogP contribution in [0.5, 0.6) is 5.75 Å². The van der Waals surface area contributed by atoms with Crippen molar-refractivity contribution in [2.24, 2.45) is 11.8 Å². The highest BCUT2D eigenvalue weighted by atomic mass is 16.3. The molecule has 3 nitrogen and oxygen atoms in total. The number of phenolic OH excluding ortho intramolecular Hbond substituents is 1. The van der Waals surface area contributed by atoms with Crippen LogP contribution in [0.1, 0.15) is 49.4 Å². The number of aromatic hydroxyl groups is 1. The van der Waals surface area contributed by atoms with E-state index in [4.69, 9.17) is 5.73 Å². The molecule has 1 aliphatic carbocycles. The van der Waals surface area contributed by atoms with Crippen LogP contribution in [0.25, 0.3) is 0 Å². The Bertz CT molecular complexity index is 436. The van der Waals surface area contributed by atoms with Gasteiger partial charge < -0.3 is 10.8 Å². The van der Waals surface area contributed by atoms with E-state index in [2.05, 4.69) is 0 Å². The van der Waals surface area contributed by atoms with Gasteiger partial charge in [-0.3, -0.25) is 4.79 Å². The summed E-state index contributed by atoms with van der Waals surface area (Å²) in [7, 11) is 0. The maximum Gasteiger partial charge on any atom is 0.169 e. The van der Waals surface area contributed by atoms with Crippen molar-refractivity contribution < 1.29 is 9.90 Å². The van der Waals surface area contributed by atoms with Crippen LogP contribution in [-0.4, -0.2) is 10.9 Å². The van der Waals surface area contributed by atoms with Gasteiger partial charge in [-0.05, 0) is 30.9 Å². The molecular weight excluding hydrogens is 226 g/mol. The number of carbonyl (C=O) groups excluding carboxylic acids is 1. The second-order valence-electron chi connectivity index (χ2n) is 5.29. The Labute approximate surface area is 108 Å². The number of nitrogens with two attached hydrogens (primary N) is 1. The van der Waals surface area contributed by atoms with Crippen molar-refractivity contribution in [1.29, 1.82) is 0 Å². The summed E-state index contributed by atoms with van der Waals surface area (Å²) in [5.74, 6) is 0.377. The zero-order chi connectivity index (χ0) is 13.1. The number of anilines is 1. The van der Waals surface area contributed by atoms with Gasteiger partial charge in [0.2, 0.25) is 0 Å². The van der Waals surface area contributed by atoms with Gasteiger partial charge in [0.1, 0.15) is 5.75 Å². The molecule has 0 spiro atoms. The third-order valence-electron chi connectivity index (χ3n) is 4.10. The monoisotopic (exact) mass is 247 g/mol. The molecule has 0 aliphatic heterocycles. The number of rotatable bonds is 3. The molecule has 2 rings (SSSR count). The van der Waals surface area contributed by atoms with Crippen LogP contribution in [0.3, 0.4) is 0 Å². The summed E-state index contributed by atoms with van der Waals surface area (Å²) < 4.78 is 0. The SMILES string of the molecule is CC(C(=O)c1cccc(N)c1O)C1CCCCC1. The van der Waals surface area contributed by atoms with Crippen molar-refractivity contribution in [3.63, 3.8) is 0 Å². The summed E-state index contributed by atoms with van der Waals surface area (Å²) in [6.07, 6.45) is 5.95. The van der Waals surface area contributed by atoms with Crippen LogP contribution in [0.4, 0.5) is 5.69 Å². The Balaban J connectivity index is 2.17. The summed E-state index contributed by atoms with van der Waals surface area (Å²) in [5.41, 5.74) is 6.28. The maximum absolute atomic E-state index is 12.4. The highest BCUT2D eigenvalue weighted by molar-refractivity contribution is 6.01. The van der Waals surface area contributed by atoms with Crippen LogP contribution in [0.2, 0.25) is 0 Å². The molecule has 0 amide bonds. The molecule has 1 atom stereocenters. The second-order valence-corrected chi connectivity index (χ2v) is 5.29. The van der Waals surface area contributed by atoms with E-state index in [1.165, 1.54) is 19.3 Å². The fourth-order valence-electron chi connectivity index (χ4n) is 2.85. The Hall–Kier alpha value is -1.51. The first-order chi connectivity index (χ1) is 8.61. The molecule has 1 saturated carbocycles. The van der Waals surface area contributed by atoms with Crippen LogP contribution in [-0.2, 0) is 0 Å². The lowest BCUT2D eigenvalue weighted by Gasteiger charge is -2.26. The molecule has 0 saturated heterocycles. The van der Waals surface area contributed by atoms with E-state index in [0.717, 1.165) is 12.8 Å². The summed E-state index contributed by atoms with van der Waals surface area (Å²) in [6.45, 7) is 1.97. The third kappa shape index (κ3) is 2.50. The predicted molar refractivity (Wildman–Crippen MR) is 72.6 cm³/mol. The lowest BCUT2D eigenvalue weighted by molar-refractivity contribution is 0.0861. The minimum Gasteiger partial charge on any atom is -0.505 e. The number of carbonyl (C=O) groups is 1. The number of Topliss-reactive ketones (excluding diaryl/α,β-unsaturated/α-hetero) is 1. The first-order valence-corrected chi connectivity index (χ1v) is 6.73. The van der Waals surface area contributed by atoms with Gasteiger partial charge in [-0.15, -0.1) is 0 Å². The number of hydrogen-bond donors (Lipinski definition) is 2. The lowest BCUT2D eigenvalue weighted by atomic mass is 9.77. The number of nitrogen functional groups attached to an aromatic ring is 1. The Morgan fingerprint density at radius 1 is 1.33 bits per heavy atom. The van der Waals surface area contributed by atoms with Gasteiger partial charge in [-0.25, -0.2) is 0 Å². The van der Waals surface area contributed by atoms with E-state index in [1.54, 1.807) is 18.2 Å². The van der Waals surface area contributed by atoms with E-state index in [1.807, 2.05) is 6.92 Å². The van der Waals surface area contributed by atoms with E-state index in [-0.39, 0.29) is 23.1 Å². The first-order valence-electron chi connectivity index (χ1n) is 6.73. The minimum atomic E-state index is -0.0647. The van der Waals surface area contributed by atoms with Gasteiger partial charge in [0.05, 0.1) is 11.3 Å². The molecule has 0 bridgehead atoms. The third-order valence-corrected chi connectivity index (χ3v) is 4.10. The van der Waals surface area contributed by atoms with Crippen LogP contribution in [0, 0.1) is 11.8 Å². The fourth-order valence-corrected chi connectivity index (χ4v) is 2.85. The van der Waals surface area contributed by atoms with Gasteiger partial charge in [0.15, 0.2) is 5.78 Å². The number of benzene rings is 1. The van der Waals surface area contributed by atoms with E-state index >= 15 is 0 Å². The van der Waals surface area contributed by atoms with Gasteiger partial charge in [-0.2, -0.15) is 0 Å². The van der Waals surface area contributed by atoms with Crippen LogP contribution >= 0.6 is 0 Å². The van der Waals surface area contributed by atoms with E-state index < -0.39 is 0 Å². The van der Waals surface area contributed by atoms with Crippen molar-refractivity contribution in [1.82, 2.24) is 0 Å². The Kier molecular flexibility index (Phi) is 3.90. The minimum absolute atomic E-state index is 0.0201. The van der Waals surface area contributed by atoms with E-state index in [0.29, 0.717) is 11.5 Å². The molecule has 1 unspecified atom stereocenters. The van der Waals surface area contributed by atoms with Gasteiger partial charge >= 0.3 is 0 Å². The molecule has 3 heteroatoms. The molecule has 3 N–H and O–H groups in total. The normalized spacial score (nSPS) is 18.5. The quantitative estimate of drug-likeness (QED) is 0.489. The Morgan fingerprint density at radius 2 is 2.00 bits per heavy atom. The average Bonchev–Trinajstić information content (AvgIpc) is 2.41. The summed E-state index contributed by atoms with van der Waals surface area (Å²) in [4.78, 5) is 12.4. The molecule has 0 heterocycles. The highest BCUT2D eigenvalue weighted by Crippen LogP contribution is 2.34. The van der Waals surface area contributed by atoms with Crippen LogP contribution in [0.15, 0.2) is 18.2 Å². The van der Waals surface area contributed by atoms with Crippen molar-refractivity contribution >= 4 is 11.5 Å². The number of phenols is 1. The molecule has 1 aliphatic rings. The fraction of sp³-hybridized carbons (Fsp3) is 0.533.